The topological polar surface area (TPSA) is 42.7 Å². The van der Waals surface area contributed by atoms with E-state index in [9.17, 15) is 0 Å². The maximum atomic E-state index is 4.47. The fourth-order valence-corrected chi connectivity index (χ4v) is 2.57. The number of aromatic nitrogens is 3. The molecule has 2 rings (SSSR count). The molecule has 98 valence electrons. The zero-order chi connectivity index (χ0) is 13.0. The zero-order valence-electron chi connectivity index (χ0n) is 11.2. The van der Waals surface area contributed by atoms with Crippen molar-refractivity contribution in [2.24, 2.45) is 0 Å². The van der Waals surface area contributed by atoms with Crippen LogP contribution in [0.2, 0.25) is 0 Å². The van der Waals surface area contributed by atoms with Crippen molar-refractivity contribution in [1.29, 1.82) is 0 Å². The van der Waals surface area contributed by atoms with Gasteiger partial charge in [0, 0.05) is 28.9 Å². The molecular formula is C13H20N4S. The van der Waals surface area contributed by atoms with Crippen molar-refractivity contribution in [3.05, 3.63) is 33.5 Å². The van der Waals surface area contributed by atoms with Gasteiger partial charge in [0.25, 0.3) is 0 Å². The van der Waals surface area contributed by atoms with Crippen LogP contribution in [-0.4, -0.2) is 21.3 Å². The summed E-state index contributed by atoms with van der Waals surface area (Å²) in [5.41, 5.74) is 3.59. The van der Waals surface area contributed by atoms with Gasteiger partial charge in [-0.05, 0) is 26.8 Å². The predicted molar refractivity (Wildman–Crippen MR) is 74.9 cm³/mol. The average Bonchev–Trinajstić information content (AvgIpc) is 2.90. The highest BCUT2D eigenvalue weighted by atomic mass is 32.1. The maximum Gasteiger partial charge on any atom is 0.114 e. The third kappa shape index (κ3) is 3.17. The molecule has 4 nitrogen and oxygen atoms in total. The minimum atomic E-state index is 0.776. The van der Waals surface area contributed by atoms with Gasteiger partial charge in [0.1, 0.15) is 5.01 Å². The number of hydrogen-bond acceptors (Lipinski definition) is 4. The van der Waals surface area contributed by atoms with Crippen LogP contribution in [-0.2, 0) is 13.1 Å². The summed E-state index contributed by atoms with van der Waals surface area (Å²) in [5.74, 6) is 0. The minimum Gasteiger partial charge on any atom is -0.313 e. The van der Waals surface area contributed by atoms with Crippen molar-refractivity contribution in [3.63, 3.8) is 0 Å². The lowest BCUT2D eigenvalue weighted by Crippen LogP contribution is -2.14. The number of thiazole rings is 1. The summed E-state index contributed by atoms with van der Waals surface area (Å²) in [4.78, 5) is 4.47. The predicted octanol–water partition coefficient (Wildman–Crippen LogP) is 2.50. The van der Waals surface area contributed by atoms with Gasteiger partial charge in [-0.3, -0.25) is 4.68 Å². The van der Waals surface area contributed by atoms with Crippen LogP contribution in [0.3, 0.4) is 0 Å². The Bertz CT molecular complexity index is 501. The van der Waals surface area contributed by atoms with Crippen molar-refractivity contribution >= 4 is 11.3 Å². The zero-order valence-corrected chi connectivity index (χ0v) is 12.0. The van der Waals surface area contributed by atoms with Gasteiger partial charge in [0.05, 0.1) is 12.7 Å². The van der Waals surface area contributed by atoms with E-state index in [1.54, 1.807) is 11.3 Å². The summed E-state index contributed by atoms with van der Waals surface area (Å²) in [7, 11) is 0. The second kappa shape index (κ2) is 6.11. The standard InChI is InChI=1S/C13H20N4S/c1-4-5-14-6-12-7-15-17(11(12)3)8-13-16-10(2)9-18-13/h7,9,14H,4-6,8H2,1-3H3. The van der Waals surface area contributed by atoms with Crippen molar-refractivity contribution in [2.75, 3.05) is 6.54 Å². The molecule has 0 fully saturated rings. The molecule has 2 aromatic heterocycles. The SMILES string of the molecule is CCCNCc1cnn(Cc2nc(C)cs2)c1C. The van der Waals surface area contributed by atoms with E-state index in [-0.39, 0.29) is 0 Å². The van der Waals surface area contributed by atoms with Gasteiger partial charge >= 0.3 is 0 Å². The molecule has 0 saturated heterocycles. The molecule has 1 N–H and O–H groups in total. The van der Waals surface area contributed by atoms with E-state index in [4.69, 9.17) is 0 Å². The van der Waals surface area contributed by atoms with Gasteiger partial charge in [-0.1, -0.05) is 6.92 Å². The van der Waals surface area contributed by atoms with E-state index >= 15 is 0 Å². The second-order valence-corrected chi connectivity index (χ2v) is 5.41. The molecule has 18 heavy (non-hydrogen) atoms. The molecule has 5 heteroatoms. The number of aryl methyl sites for hydroxylation is 1. The highest BCUT2D eigenvalue weighted by Crippen LogP contribution is 2.13. The van der Waals surface area contributed by atoms with Crippen molar-refractivity contribution in [3.8, 4) is 0 Å². The van der Waals surface area contributed by atoms with Crippen molar-refractivity contribution in [2.45, 2.75) is 40.3 Å². The average molecular weight is 264 g/mol. The number of nitrogens with zero attached hydrogens (tertiary/aromatic N) is 3. The van der Waals surface area contributed by atoms with Crippen LogP contribution in [0.4, 0.5) is 0 Å². The van der Waals surface area contributed by atoms with E-state index < -0.39 is 0 Å². The van der Waals surface area contributed by atoms with Crippen molar-refractivity contribution in [1.82, 2.24) is 20.1 Å². The molecule has 0 aliphatic carbocycles. The summed E-state index contributed by atoms with van der Waals surface area (Å²) in [5, 5.41) is 11.0. The van der Waals surface area contributed by atoms with Gasteiger partial charge in [-0.15, -0.1) is 11.3 Å². The highest BCUT2D eigenvalue weighted by Gasteiger charge is 2.08. The third-order valence-corrected chi connectivity index (χ3v) is 3.85. The molecule has 0 radical (unpaired) electrons. The first kappa shape index (κ1) is 13.2. The Labute approximate surface area is 112 Å². The first-order valence-electron chi connectivity index (χ1n) is 6.33. The van der Waals surface area contributed by atoms with Crippen LogP contribution in [0.5, 0.6) is 0 Å². The Kier molecular flexibility index (Phi) is 4.49. The van der Waals surface area contributed by atoms with Crippen LogP contribution < -0.4 is 5.32 Å². The molecule has 0 bridgehead atoms. The molecule has 0 amide bonds. The minimum absolute atomic E-state index is 0.776. The summed E-state index contributed by atoms with van der Waals surface area (Å²) in [6.45, 7) is 9.05. The quantitative estimate of drug-likeness (QED) is 0.815. The number of hydrogen-bond donors (Lipinski definition) is 1. The van der Waals surface area contributed by atoms with Crippen molar-refractivity contribution < 1.29 is 0 Å². The Morgan fingerprint density at radius 3 is 2.89 bits per heavy atom. The Morgan fingerprint density at radius 2 is 2.22 bits per heavy atom. The first-order chi connectivity index (χ1) is 8.70. The summed E-state index contributed by atoms with van der Waals surface area (Å²) in [6, 6.07) is 0. The molecule has 2 heterocycles. The van der Waals surface area contributed by atoms with Gasteiger partial charge in [0.2, 0.25) is 0 Å². The molecular weight excluding hydrogens is 244 g/mol. The molecule has 0 atom stereocenters. The molecule has 2 aromatic rings. The summed E-state index contributed by atoms with van der Waals surface area (Å²) < 4.78 is 2.03. The fraction of sp³-hybridized carbons (Fsp3) is 0.538. The first-order valence-corrected chi connectivity index (χ1v) is 7.21. The maximum absolute atomic E-state index is 4.47. The summed E-state index contributed by atoms with van der Waals surface area (Å²) >= 11 is 1.70. The third-order valence-electron chi connectivity index (χ3n) is 2.90. The van der Waals surface area contributed by atoms with Gasteiger partial charge in [-0.2, -0.15) is 5.10 Å². The van der Waals surface area contributed by atoms with E-state index in [0.717, 1.165) is 36.8 Å². The van der Waals surface area contributed by atoms with E-state index in [0.29, 0.717) is 0 Å². The molecule has 0 spiro atoms. The van der Waals surface area contributed by atoms with E-state index in [1.165, 1.54) is 11.3 Å². The lowest BCUT2D eigenvalue weighted by molar-refractivity contribution is 0.649. The van der Waals surface area contributed by atoms with Gasteiger partial charge in [-0.25, -0.2) is 4.98 Å². The number of nitrogens with one attached hydrogen (secondary N) is 1. The van der Waals surface area contributed by atoms with Gasteiger partial charge < -0.3 is 5.32 Å². The molecule has 0 saturated carbocycles. The highest BCUT2D eigenvalue weighted by molar-refractivity contribution is 7.09. The fourth-order valence-electron chi connectivity index (χ4n) is 1.82. The van der Waals surface area contributed by atoms with Crippen LogP contribution >= 0.6 is 11.3 Å². The lowest BCUT2D eigenvalue weighted by atomic mass is 10.2. The largest absolute Gasteiger partial charge is 0.313 e. The molecule has 0 unspecified atom stereocenters. The number of rotatable bonds is 6. The lowest BCUT2D eigenvalue weighted by Gasteiger charge is -2.04. The summed E-state index contributed by atoms with van der Waals surface area (Å²) in [6.07, 6.45) is 3.12. The van der Waals surface area contributed by atoms with Crippen LogP contribution in [0, 0.1) is 13.8 Å². The second-order valence-electron chi connectivity index (χ2n) is 4.47. The van der Waals surface area contributed by atoms with Gasteiger partial charge in [0.15, 0.2) is 0 Å². The van der Waals surface area contributed by atoms with Crippen LogP contribution in [0.1, 0.15) is 35.3 Å². The van der Waals surface area contributed by atoms with E-state index in [1.807, 2.05) is 17.8 Å². The Hall–Kier alpha value is -1.20. The molecule has 0 aliphatic heterocycles. The smallest absolute Gasteiger partial charge is 0.114 e. The monoisotopic (exact) mass is 264 g/mol. The Balaban J connectivity index is 2.01. The normalized spacial score (nSPS) is 11.1. The van der Waals surface area contributed by atoms with Crippen LogP contribution in [0.25, 0.3) is 0 Å². The van der Waals surface area contributed by atoms with E-state index in [2.05, 4.69) is 34.6 Å². The molecule has 0 aromatic carbocycles. The Morgan fingerprint density at radius 1 is 1.39 bits per heavy atom. The molecule has 0 aliphatic rings. The van der Waals surface area contributed by atoms with Crippen LogP contribution in [0.15, 0.2) is 11.6 Å².